The van der Waals surface area contributed by atoms with Crippen molar-refractivity contribution < 1.29 is 0 Å². The zero-order valence-electron chi connectivity index (χ0n) is 11.5. The van der Waals surface area contributed by atoms with Gasteiger partial charge in [-0.05, 0) is 18.8 Å². The van der Waals surface area contributed by atoms with Crippen molar-refractivity contribution >= 4 is 5.82 Å². The Bertz CT molecular complexity index is 380. The molecule has 1 aliphatic heterocycles. The van der Waals surface area contributed by atoms with Gasteiger partial charge < -0.3 is 10.6 Å². The molecule has 100 valence electrons. The monoisotopic (exact) mass is 248 g/mol. The molecule has 0 amide bonds. The van der Waals surface area contributed by atoms with Gasteiger partial charge in [0.1, 0.15) is 12.1 Å². The number of hydrogen-bond donors (Lipinski definition) is 1. The molecule has 0 aromatic carbocycles. The van der Waals surface area contributed by atoms with Crippen molar-refractivity contribution in [1.82, 2.24) is 9.97 Å². The fourth-order valence-electron chi connectivity index (χ4n) is 2.83. The predicted molar refractivity (Wildman–Crippen MR) is 74.6 cm³/mol. The van der Waals surface area contributed by atoms with Crippen LogP contribution in [0.4, 0.5) is 5.82 Å². The molecule has 1 aromatic heterocycles. The molecule has 2 rings (SSSR count). The molecule has 0 aliphatic carbocycles. The van der Waals surface area contributed by atoms with E-state index in [1.807, 2.05) is 6.20 Å². The van der Waals surface area contributed by atoms with E-state index in [-0.39, 0.29) is 6.04 Å². The Kier molecular flexibility index (Phi) is 4.53. The van der Waals surface area contributed by atoms with Gasteiger partial charge >= 0.3 is 0 Å². The van der Waals surface area contributed by atoms with Crippen molar-refractivity contribution in [2.24, 2.45) is 11.7 Å². The summed E-state index contributed by atoms with van der Waals surface area (Å²) in [4.78, 5) is 11.0. The summed E-state index contributed by atoms with van der Waals surface area (Å²) in [6.45, 7) is 6.39. The zero-order chi connectivity index (χ0) is 13.0. The molecule has 1 aliphatic rings. The molecule has 4 heteroatoms. The first-order valence-corrected chi connectivity index (χ1v) is 7.05. The van der Waals surface area contributed by atoms with Crippen LogP contribution in [0.25, 0.3) is 0 Å². The second-order valence-electron chi connectivity index (χ2n) is 5.24. The van der Waals surface area contributed by atoms with Crippen LogP contribution in [0.3, 0.4) is 0 Å². The third-order valence-corrected chi connectivity index (χ3v) is 3.73. The lowest BCUT2D eigenvalue weighted by atomic mass is 9.99. The van der Waals surface area contributed by atoms with Crippen LogP contribution in [0.1, 0.15) is 38.7 Å². The van der Waals surface area contributed by atoms with Gasteiger partial charge in [0.2, 0.25) is 0 Å². The molecule has 0 unspecified atom stereocenters. The molecule has 2 heterocycles. The van der Waals surface area contributed by atoms with Gasteiger partial charge in [-0.1, -0.05) is 26.7 Å². The fourth-order valence-corrected chi connectivity index (χ4v) is 2.83. The van der Waals surface area contributed by atoms with Gasteiger partial charge in [0.05, 0.1) is 0 Å². The van der Waals surface area contributed by atoms with Crippen LogP contribution in [0.5, 0.6) is 0 Å². The number of anilines is 1. The molecule has 1 saturated heterocycles. The van der Waals surface area contributed by atoms with E-state index < -0.39 is 0 Å². The van der Waals surface area contributed by atoms with E-state index in [0.717, 1.165) is 31.7 Å². The second-order valence-corrected chi connectivity index (χ2v) is 5.24. The van der Waals surface area contributed by atoms with E-state index in [4.69, 9.17) is 5.73 Å². The lowest BCUT2D eigenvalue weighted by Crippen LogP contribution is -2.30. The first-order valence-electron chi connectivity index (χ1n) is 7.05. The third kappa shape index (κ3) is 2.80. The Morgan fingerprint density at radius 3 is 2.89 bits per heavy atom. The average Bonchev–Trinajstić information content (AvgIpc) is 2.73. The maximum absolute atomic E-state index is 6.23. The van der Waals surface area contributed by atoms with Gasteiger partial charge in [-0.25, -0.2) is 9.97 Å². The van der Waals surface area contributed by atoms with Crippen LogP contribution in [-0.2, 0) is 6.42 Å². The normalized spacial score (nSPS) is 23.6. The standard InChI is InChI=1S/C14H24N4/c1-3-5-11-7-16-10-17-14(11)18-8-12(6-4-2)13(15)9-18/h7,10,12-13H,3-6,8-9,15H2,1-2H3/t12-,13-/m1/s1. The molecule has 1 fully saturated rings. The van der Waals surface area contributed by atoms with Gasteiger partial charge in [0.25, 0.3) is 0 Å². The van der Waals surface area contributed by atoms with Crippen molar-refractivity contribution in [2.45, 2.75) is 45.6 Å². The topological polar surface area (TPSA) is 55.0 Å². The van der Waals surface area contributed by atoms with Crippen LogP contribution >= 0.6 is 0 Å². The van der Waals surface area contributed by atoms with Gasteiger partial charge in [0.15, 0.2) is 0 Å². The van der Waals surface area contributed by atoms with Crippen molar-refractivity contribution in [3.05, 3.63) is 18.1 Å². The molecular weight excluding hydrogens is 224 g/mol. The van der Waals surface area contributed by atoms with Crippen molar-refractivity contribution in [3.8, 4) is 0 Å². The van der Waals surface area contributed by atoms with Crippen LogP contribution < -0.4 is 10.6 Å². The summed E-state index contributed by atoms with van der Waals surface area (Å²) in [5, 5.41) is 0. The highest BCUT2D eigenvalue weighted by Gasteiger charge is 2.30. The predicted octanol–water partition coefficient (Wildman–Crippen LogP) is 1.99. The highest BCUT2D eigenvalue weighted by atomic mass is 15.2. The number of hydrogen-bond acceptors (Lipinski definition) is 4. The lowest BCUT2D eigenvalue weighted by molar-refractivity contribution is 0.472. The minimum atomic E-state index is 0.286. The van der Waals surface area contributed by atoms with Crippen LogP contribution in [-0.4, -0.2) is 29.1 Å². The fraction of sp³-hybridized carbons (Fsp3) is 0.714. The van der Waals surface area contributed by atoms with Gasteiger partial charge in [-0.15, -0.1) is 0 Å². The molecule has 2 N–H and O–H groups in total. The van der Waals surface area contributed by atoms with E-state index >= 15 is 0 Å². The van der Waals surface area contributed by atoms with Crippen LogP contribution in [0, 0.1) is 5.92 Å². The van der Waals surface area contributed by atoms with Gasteiger partial charge in [-0.3, -0.25) is 0 Å². The van der Waals surface area contributed by atoms with Crippen molar-refractivity contribution in [1.29, 1.82) is 0 Å². The quantitative estimate of drug-likeness (QED) is 0.866. The molecule has 4 nitrogen and oxygen atoms in total. The Labute approximate surface area is 110 Å². The minimum Gasteiger partial charge on any atom is -0.354 e. The molecule has 0 spiro atoms. The molecule has 18 heavy (non-hydrogen) atoms. The Morgan fingerprint density at radius 1 is 1.33 bits per heavy atom. The second kappa shape index (κ2) is 6.14. The SMILES string of the molecule is CCCc1cncnc1N1C[C@@H](CCC)[C@H](N)C1. The van der Waals surface area contributed by atoms with E-state index in [1.165, 1.54) is 18.4 Å². The number of nitrogens with two attached hydrogens (primary N) is 1. The average molecular weight is 248 g/mol. The molecular formula is C14H24N4. The smallest absolute Gasteiger partial charge is 0.135 e. The Hall–Kier alpha value is -1.16. The lowest BCUT2D eigenvalue weighted by Gasteiger charge is -2.20. The highest BCUT2D eigenvalue weighted by Crippen LogP contribution is 2.27. The van der Waals surface area contributed by atoms with E-state index in [0.29, 0.717) is 5.92 Å². The van der Waals surface area contributed by atoms with E-state index in [2.05, 4.69) is 28.7 Å². The van der Waals surface area contributed by atoms with Crippen molar-refractivity contribution in [2.75, 3.05) is 18.0 Å². The number of nitrogens with zero attached hydrogens (tertiary/aromatic N) is 3. The third-order valence-electron chi connectivity index (χ3n) is 3.73. The largest absolute Gasteiger partial charge is 0.354 e. The number of rotatable bonds is 5. The summed E-state index contributed by atoms with van der Waals surface area (Å²) in [6, 6.07) is 0.286. The maximum Gasteiger partial charge on any atom is 0.135 e. The highest BCUT2D eigenvalue weighted by molar-refractivity contribution is 5.47. The first-order chi connectivity index (χ1) is 8.76. The van der Waals surface area contributed by atoms with Crippen LogP contribution in [0.15, 0.2) is 12.5 Å². The number of aryl methyl sites for hydroxylation is 1. The van der Waals surface area contributed by atoms with E-state index in [1.54, 1.807) is 6.33 Å². The maximum atomic E-state index is 6.23. The summed E-state index contributed by atoms with van der Waals surface area (Å²) >= 11 is 0. The Morgan fingerprint density at radius 2 is 2.17 bits per heavy atom. The minimum absolute atomic E-state index is 0.286. The molecule has 0 saturated carbocycles. The summed E-state index contributed by atoms with van der Waals surface area (Å²) in [5.41, 5.74) is 7.49. The Balaban J connectivity index is 2.13. The summed E-state index contributed by atoms with van der Waals surface area (Å²) < 4.78 is 0. The molecule has 0 radical (unpaired) electrons. The summed E-state index contributed by atoms with van der Waals surface area (Å²) in [6.07, 6.45) is 8.18. The molecule has 1 aromatic rings. The summed E-state index contributed by atoms with van der Waals surface area (Å²) in [7, 11) is 0. The van der Waals surface area contributed by atoms with Crippen molar-refractivity contribution in [3.63, 3.8) is 0 Å². The number of aromatic nitrogens is 2. The zero-order valence-corrected chi connectivity index (χ0v) is 11.5. The van der Waals surface area contributed by atoms with Crippen LogP contribution in [0.2, 0.25) is 0 Å². The van der Waals surface area contributed by atoms with E-state index in [9.17, 15) is 0 Å². The summed E-state index contributed by atoms with van der Waals surface area (Å²) in [5.74, 6) is 1.71. The molecule has 0 bridgehead atoms. The first kappa shape index (κ1) is 13.3. The van der Waals surface area contributed by atoms with Gasteiger partial charge in [-0.2, -0.15) is 0 Å². The molecule has 2 atom stereocenters. The van der Waals surface area contributed by atoms with Gasteiger partial charge in [0, 0.05) is 30.9 Å².